The molecule has 0 saturated carbocycles. The van der Waals surface area contributed by atoms with E-state index >= 15 is 0 Å². The zero-order chi connectivity index (χ0) is 18.7. The minimum atomic E-state index is -0.523. The third-order valence-corrected chi connectivity index (χ3v) is 4.80. The summed E-state index contributed by atoms with van der Waals surface area (Å²) < 4.78 is 11.4. The topological polar surface area (TPSA) is 63.7 Å². The van der Waals surface area contributed by atoms with Crippen molar-refractivity contribution in [1.29, 1.82) is 0 Å². The van der Waals surface area contributed by atoms with Gasteiger partial charge in [-0.2, -0.15) is 0 Å². The van der Waals surface area contributed by atoms with Gasteiger partial charge in [-0.25, -0.2) is 9.78 Å². The molecular weight excluding hydrogens is 350 g/mol. The maximum atomic E-state index is 12.8. The van der Waals surface area contributed by atoms with E-state index in [9.17, 15) is 4.79 Å². The second kappa shape index (κ2) is 7.45. The highest BCUT2D eigenvalue weighted by atomic mass is 32.2. The average Bonchev–Trinajstić information content (AvgIpc) is 2.76. The summed E-state index contributed by atoms with van der Waals surface area (Å²) in [5, 5.41) is 2.87. The molecule has 0 saturated heterocycles. The normalized spacial score (nSPS) is 15.5. The molecule has 1 N–H and O–H groups in total. The van der Waals surface area contributed by atoms with E-state index in [0.717, 1.165) is 22.0 Å². The minimum absolute atomic E-state index is 0.199. The monoisotopic (exact) mass is 373 g/mol. The lowest BCUT2D eigenvalue weighted by Crippen LogP contribution is -2.44. The molecule has 3 rings (SSSR count). The summed E-state index contributed by atoms with van der Waals surface area (Å²) in [5.41, 5.74) is 0.419. The van der Waals surface area contributed by atoms with Gasteiger partial charge in [-0.3, -0.25) is 5.32 Å². The number of hydrogen-bond acceptors (Lipinski definition) is 5. The Morgan fingerprint density at radius 3 is 2.81 bits per heavy atom. The molecule has 0 radical (unpaired) electrons. The van der Waals surface area contributed by atoms with Gasteiger partial charge in [0.2, 0.25) is 0 Å². The van der Waals surface area contributed by atoms with Gasteiger partial charge in [0.15, 0.2) is 0 Å². The Morgan fingerprint density at radius 2 is 2.15 bits per heavy atom. The molecule has 6 nitrogen and oxygen atoms in total. The van der Waals surface area contributed by atoms with Crippen LogP contribution in [0, 0.1) is 0 Å². The molecule has 1 aliphatic rings. The zero-order valence-electron chi connectivity index (χ0n) is 15.4. The second-order valence-electron chi connectivity index (χ2n) is 6.70. The van der Waals surface area contributed by atoms with Gasteiger partial charge < -0.3 is 14.4 Å². The minimum Gasteiger partial charge on any atom is -0.497 e. The summed E-state index contributed by atoms with van der Waals surface area (Å²) in [6, 6.07) is 9.21. The molecule has 2 heterocycles. The lowest BCUT2D eigenvalue weighted by atomic mass is 10.1. The number of aromatic nitrogens is 1. The van der Waals surface area contributed by atoms with Crippen LogP contribution in [0.15, 0.2) is 41.4 Å². The molecule has 0 fully saturated rings. The lowest BCUT2D eigenvalue weighted by molar-refractivity contribution is 0.0833. The van der Waals surface area contributed by atoms with Gasteiger partial charge in [0.05, 0.1) is 20.2 Å². The van der Waals surface area contributed by atoms with Crippen LogP contribution in [0.25, 0.3) is 0 Å². The van der Waals surface area contributed by atoms with Crippen LogP contribution in [0.2, 0.25) is 0 Å². The van der Waals surface area contributed by atoms with Crippen molar-refractivity contribution in [2.24, 2.45) is 0 Å². The number of rotatable bonds is 3. The van der Waals surface area contributed by atoms with Gasteiger partial charge in [0.1, 0.15) is 22.9 Å². The van der Waals surface area contributed by atoms with Crippen molar-refractivity contribution in [2.45, 2.75) is 30.9 Å². The SMILES string of the molecule is COc1ccc2c(c1)OC(C)(C)CN(C(=O)Nc1ccc(SC)cn1)C2. The van der Waals surface area contributed by atoms with Crippen LogP contribution >= 0.6 is 11.8 Å². The highest BCUT2D eigenvalue weighted by molar-refractivity contribution is 7.98. The molecule has 26 heavy (non-hydrogen) atoms. The van der Waals surface area contributed by atoms with Crippen LogP contribution < -0.4 is 14.8 Å². The molecule has 2 aromatic rings. The van der Waals surface area contributed by atoms with Crippen LogP contribution in [-0.2, 0) is 6.54 Å². The maximum absolute atomic E-state index is 12.8. The van der Waals surface area contributed by atoms with Crippen molar-refractivity contribution >= 4 is 23.6 Å². The highest BCUT2D eigenvalue weighted by Crippen LogP contribution is 2.32. The number of nitrogens with one attached hydrogen (secondary N) is 1. The molecule has 0 aliphatic carbocycles. The fourth-order valence-corrected chi connectivity index (χ4v) is 3.21. The van der Waals surface area contributed by atoms with E-state index in [1.165, 1.54) is 0 Å². The van der Waals surface area contributed by atoms with Crippen LogP contribution in [0.3, 0.4) is 0 Å². The van der Waals surface area contributed by atoms with Gasteiger partial charge in [-0.1, -0.05) is 0 Å². The fourth-order valence-electron chi connectivity index (χ4n) is 2.85. The van der Waals surface area contributed by atoms with Gasteiger partial charge in [-0.15, -0.1) is 11.8 Å². The number of carbonyl (C=O) groups is 1. The third-order valence-electron chi connectivity index (χ3n) is 4.09. The number of urea groups is 1. The van der Waals surface area contributed by atoms with Gasteiger partial charge in [0, 0.05) is 22.7 Å². The van der Waals surface area contributed by atoms with Gasteiger partial charge in [-0.05, 0) is 44.4 Å². The van der Waals surface area contributed by atoms with Crippen LogP contribution in [0.4, 0.5) is 10.6 Å². The Hall–Kier alpha value is -2.41. The Labute approximate surface area is 157 Å². The number of nitrogens with zero attached hydrogens (tertiary/aromatic N) is 2. The van der Waals surface area contributed by atoms with E-state index in [1.807, 2.05) is 50.4 Å². The van der Waals surface area contributed by atoms with E-state index in [-0.39, 0.29) is 6.03 Å². The van der Waals surface area contributed by atoms with Gasteiger partial charge in [0.25, 0.3) is 0 Å². The van der Waals surface area contributed by atoms with E-state index in [2.05, 4.69) is 10.3 Å². The number of fused-ring (bicyclic) bond motifs is 1. The molecule has 2 amide bonds. The van der Waals surface area contributed by atoms with Gasteiger partial charge >= 0.3 is 6.03 Å². The van der Waals surface area contributed by atoms with Crippen molar-refractivity contribution in [1.82, 2.24) is 9.88 Å². The molecule has 138 valence electrons. The quantitative estimate of drug-likeness (QED) is 0.824. The van der Waals surface area contributed by atoms with Crippen molar-refractivity contribution in [2.75, 3.05) is 25.2 Å². The van der Waals surface area contributed by atoms with Crippen LogP contribution in [0.1, 0.15) is 19.4 Å². The predicted octanol–water partition coefficient (Wildman–Crippen LogP) is 4.02. The number of hydrogen-bond donors (Lipinski definition) is 1. The van der Waals surface area contributed by atoms with E-state index in [4.69, 9.17) is 9.47 Å². The number of ether oxygens (including phenoxy) is 2. The smallest absolute Gasteiger partial charge is 0.323 e. The molecule has 0 unspecified atom stereocenters. The number of amides is 2. The largest absolute Gasteiger partial charge is 0.497 e. The molecule has 0 bridgehead atoms. The average molecular weight is 373 g/mol. The van der Waals surface area contributed by atoms with E-state index in [0.29, 0.717) is 18.9 Å². The molecule has 1 aromatic carbocycles. The first-order valence-corrected chi connectivity index (χ1v) is 9.54. The zero-order valence-corrected chi connectivity index (χ0v) is 16.2. The van der Waals surface area contributed by atoms with Crippen molar-refractivity contribution in [3.05, 3.63) is 42.1 Å². The first kappa shape index (κ1) is 18.4. The summed E-state index contributed by atoms with van der Waals surface area (Å²) >= 11 is 1.61. The Balaban J connectivity index is 1.80. The van der Waals surface area contributed by atoms with Crippen LogP contribution in [0.5, 0.6) is 11.5 Å². The third kappa shape index (κ3) is 4.22. The molecular formula is C19H23N3O3S. The highest BCUT2D eigenvalue weighted by Gasteiger charge is 2.32. The standard InChI is InChI=1S/C19H23N3O3S/c1-19(2)12-22(11-13-5-6-14(24-3)9-16(13)25-19)18(23)21-17-8-7-15(26-4)10-20-17/h5-10H,11-12H2,1-4H3,(H,20,21,23). The van der Waals surface area contributed by atoms with Crippen molar-refractivity contribution in [3.63, 3.8) is 0 Å². The number of methoxy groups -OCH3 is 1. The Bertz CT molecular complexity index is 793. The molecule has 1 aromatic heterocycles. The van der Waals surface area contributed by atoms with Crippen LogP contribution in [-0.4, -0.2) is 41.4 Å². The first-order chi connectivity index (χ1) is 12.4. The Kier molecular flexibility index (Phi) is 5.27. The number of benzene rings is 1. The summed E-state index contributed by atoms with van der Waals surface area (Å²) in [6.07, 6.45) is 3.73. The number of anilines is 1. The van der Waals surface area contributed by atoms with E-state index in [1.54, 1.807) is 30.0 Å². The second-order valence-corrected chi connectivity index (χ2v) is 7.58. The fraction of sp³-hybridized carbons (Fsp3) is 0.368. The lowest BCUT2D eigenvalue weighted by Gasteiger charge is -2.29. The summed E-state index contributed by atoms with van der Waals surface area (Å²) in [7, 11) is 1.62. The Morgan fingerprint density at radius 1 is 1.35 bits per heavy atom. The number of thioether (sulfide) groups is 1. The number of pyridine rings is 1. The van der Waals surface area contributed by atoms with E-state index < -0.39 is 5.60 Å². The maximum Gasteiger partial charge on any atom is 0.323 e. The predicted molar refractivity (Wildman–Crippen MR) is 103 cm³/mol. The van der Waals surface area contributed by atoms with Crippen molar-refractivity contribution < 1.29 is 14.3 Å². The number of carbonyl (C=O) groups excluding carboxylic acids is 1. The molecule has 0 spiro atoms. The molecule has 1 aliphatic heterocycles. The molecule has 7 heteroatoms. The summed E-state index contributed by atoms with van der Waals surface area (Å²) in [4.78, 5) is 19.9. The summed E-state index contributed by atoms with van der Waals surface area (Å²) in [6.45, 7) is 4.84. The first-order valence-electron chi connectivity index (χ1n) is 8.32. The summed E-state index contributed by atoms with van der Waals surface area (Å²) in [5.74, 6) is 2.01. The molecule has 0 atom stereocenters. The van der Waals surface area contributed by atoms with Crippen molar-refractivity contribution in [3.8, 4) is 11.5 Å².